The predicted molar refractivity (Wildman–Crippen MR) is 92.2 cm³/mol. The van der Waals surface area contributed by atoms with E-state index >= 15 is 0 Å². The predicted octanol–water partition coefficient (Wildman–Crippen LogP) is 4.02. The Kier molecular flexibility index (Phi) is 4.55. The molecule has 0 unspecified atom stereocenters. The van der Waals surface area contributed by atoms with Gasteiger partial charge in [-0.3, -0.25) is 4.98 Å². The molecule has 3 rings (SSSR count). The van der Waals surface area contributed by atoms with Gasteiger partial charge in [-0.2, -0.15) is 0 Å². The molecular formula is C16H12Cl2N2O2S. The van der Waals surface area contributed by atoms with Crippen LogP contribution in [-0.4, -0.2) is 13.4 Å². The van der Waals surface area contributed by atoms with E-state index < -0.39 is 10.0 Å². The zero-order valence-electron chi connectivity index (χ0n) is 11.8. The second kappa shape index (κ2) is 6.45. The van der Waals surface area contributed by atoms with E-state index in [2.05, 4.69) is 9.71 Å². The first-order valence-corrected chi connectivity index (χ1v) is 8.98. The van der Waals surface area contributed by atoms with Crippen LogP contribution >= 0.6 is 23.2 Å². The first kappa shape index (κ1) is 16.2. The monoisotopic (exact) mass is 366 g/mol. The van der Waals surface area contributed by atoms with Gasteiger partial charge in [0.1, 0.15) is 0 Å². The highest BCUT2D eigenvalue weighted by Crippen LogP contribution is 2.23. The van der Waals surface area contributed by atoms with Gasteiger partial charge in [0, 0.05) is 28.2 Å². The molecule has 0 bridgehead atoms. The van der Waals surface area contributed by atoms with Crippen molar-refractivity contribution in [3.05, 3.63) is 70.3 Å². The highest BCUT2D eigenvalue weighted by atomic mass is 35.5. The highest BCUT2D eigenvalue weighted by molar-refractivity contribution is 7.89. The van der Waals surface area contributed by atoms with E-state index in [-0.39, 0.29) is 21.5 Å². The molecule has 0 aliphatic carbocycles. The van der Waals surface area contributed by atoms with E-state index in [1.807, 2.05) is 30.3 Å². The molecule has 2 aromatic carbocycles. The van der Waals surface area contributed by atoms with E-state index in [1.54, 1.807) is 6.20 Å². The minimum atomic E-state index is -3.72. The summed E-state index contributed by atoms with van der Waals surface area (Å²) >= 11 is 11.7. The Morgan fingerprint density at radius 2 is 1.70 bits per heavy atom. The number of rotatable bonds is 4. The molecule has 0 radical (unpaired) electrons. The van der Waals surface area contributed by atoms with Crippen LogP contribution in [0.4, 0.5) is 0 Å². The SMILES string of the molecule is O=S(=O)(NCc1cccc2cccnc12)c1cc(Cl)cc(Cl)c1. The van der Waals surface area contributed by atoms with Gasteiger partial charge in [-0.05, 0) is 29.8 Å². The quantitative estimate of drug-likeness (QED) is 0.758. The molecule has 1 N–H and O–H groups in total. The number of fused-ring (bicyclic) bond motifs is 1. The van der Waals surface area contributed by atoms with Crippen LogP contribution in [0.5, 0.6) is 0 Å². The third-order valence-corrected chi connectivity index (χ3v) is 5.13. The highest BCUT2D eigenvalue weighted by Gasteiger charge is 2.16. The summed E-state index contributed by atoms with van der Waals surface area (Å²) < 4.78 is 27.3. The number of hydrogen-bond acceptors (Lipinski definition) is 3. The van der Waals surface area contributed by atoms with Crippen molar-refractivity contribution < 1.29 is 8.42 Å². The van der Waals surface area contributed by atoms with Crippen molar-refractivity contribution in [1.82, 2.24) is 9.71 Å². The molecule has 0 fully saturated rings. The van der Waals surface area contributed by atoms with Crippen molar-refractivity contribution >= 4 is 44.1 Å². The van der Waals surface area contributed by atoms with E-state index in [4.69, 9.17) is 23.2 Å². The van der Waals surface area contributed by atoms with Gasteiger partial charge >= 0.3 is 0 Å². The second-order valence-electron chi connectivity index (χ2n) is 4.92. The third-order valence-electron chi connectivity index (χ3n) is 3.32. The van der Waals surface area contributed by atoms with Gasteiger partial charge in [0.2, 0.25) is 10.0 Å². The largest absolute Gasteiger partial charge is 0.256 e. The number of nitrogens with zero attached hydrogens (tertiary/aromatic N) is 1. The standard InChI is InChI=1S/C16H12Cl2N2O2S/c17-13-7-14(18)9-15(8-13)23(21,22)20-10-12-4-1-3-11-5-2-6-19-16(11)12/h1-9,20H,10H2. The summed E-state index contributed by atoms with van der Waals surface area (Å²) in [6, 6.07) is 13.6. The zero-order valence-corrected chi connectivity index (χ0v) is 14.2. The van der Waals surface area contributed by atoms with Gasteiger partial charge in [0.05, 0.1) is 10.4 Å². The first-order valence-electron chi connectivity index (χ1n) is 6.74. The lowest BCUT2D eigenvalue weighted by Crippen LogP contribution is -2.23. The summed E-state index contributed by atoms with van der Waals surface area (Å²) in [6.07, 6.45) is 1.68. The van der Waals surface area contributed by atoms with Gasteiger partial charge in [-0.1, -0.05) is 47.5 Å². The van der Waals surface area contributed by atoms with Crippen molar-refractivity contribution in [1.29, 1.82) is 0 Å². The van der Waals surface area contributed by atoms with Crippen LogP contribution in [0.1, 0.15) is 5.56 Å². The van der Waals surface area contributed by atoms with E-state index in [1.165, 1.54) is 18.2 Å². The number of hydrogen-bond donors (Lipinski definition) is 1. The van der Waals surface area contributed by atoms with Crippen LogP contribution in [0.25, 0.3) is 10.9 Å². The number of aromatic nitrogens is 1. The molecule has 0 spiro atoms. The Hall–Kier alpha value is -1.66. The number of pyridine rings is 1. The molecule has 4 nitrogen and oxygen atoms in total. The Morgan fingerprint density at radius 1 is 1.00 bits per heavy atom. The summed E-state index contributed by atoms with van der Waals surface area (Å²) in [5.74, 6) is 0. The van der Waals surface area contributed by atoms with Crippen LogP contribution in [-0.2, 0) is 16.6 Å². The van der Waals surface area contributed by atoms with Gasteiger partial charge in [-0.25, -0.2) is 13.1 Å². The number of sulfonamides is 1. The molecule has 0 aliphatic heterocycles. The number of nitrogens with one attached hydrogen (secondary N) is 1. The van der Waals surface area contributed by atoms with Crippen molar-refractivity contribution in [2.24, 2.45) is 0 Å². The van der Waals surface area contributed by atoms with Crippen LogP contribution < -0.4 is 4.72 Å². The lowest BCUT2D eigenvalue weighted by molar-refractivity contribution is 0.581. The summed E-state index contributed by atoms with van der Waals surface area (Å²) in [7, 11) is -3.72. The Bertz CT molecular complexity index is 949. The zero-order chi connectivity index (χ0) is 16.4. The molecule has 0 amide bonds. The Morgan fingerprint density at radius 3 is 2.43 bits per heavy atom. The lowest BCUT2D eigenvalue weighted by atomic mass is 10.1. The lowest BCUT2D eigenvalue weighted by Gasteiger charge is -2.09. The average Bonchev–Trinajstić information content (AvgIpc) is 2.52. The number of benzene rings is 2. The Balaban J connectivity index is 1.89. The molecule has 7 heteroatoms. The molecule has 3 aromatic rings. The van der Waals surface area contributed by atoms with Crippen molar-refractivity contribution in [3.8, 4) is 0 Å². The first-order chi connectivity index (χ1) is 11.0. The van der Waals surface area contributed by atoms with Crippen molar-refractivity contribution in [3.63, 3.8) is 0 Å². The molecule has 23 heavy (non-hydrogen) atoms. The molecular weight excluding hydrogens is 355 g/mol. The molecule has 1 aromatic heterocycles. The summed E-state index contributed by atoms with van der Waals surface area (Å²) in [5.41, 5.74) is 1.56. The summed E-state index contributed by atoms with van der Waals surface area (Å²) in [4.78, 5) is 4.34. The molecule has 118 valence electrons. The summed E-state index contributed by atoms with van der Waals surface area (Å²) in [6.45, 7) is 0.126. The maximum Gasteiger partial charge on any atom is 0.240 e. The maximum absolute atomic E-state index is 12.4. The molecule has 1 heterocycles. The van der Waals surface area contributed by atoms with Gasteiger partial charge in [0.15, 0.2) is 0 Å². The van der Waals surface area contributed by atoms with E-state index in [9.17, 15) is 8.42 Å². The number of para-hydroxylation sites is 1. The van der Waals surface area contributed by atoms with Crippen LogP contribution in [0.3, 0.4) is 0 Å². The van der Waals surface area contributed by atoms with Crippen molar-refractivity contribution in [2.75, 3.05) is 0 Å². The van der Waals surface area contributed by atoms with Crippen molar-refractivity contribution in [2.45, 2.75) is 11.4 Å². The van der Waals surface area contributed by atoms with Crippen LogP contribution in [0.2, 0.25) is 10.0 Å². The normalized spacial score (nSPS) is 11.7. The minimum absolute atomic E-state index is 0.0307. The second-order valence-corrected chi connectivity index (χ2v) is 7.56. The number of halogens is 2. The van der Waals surface area contributed by atoms with Gasteiger partial charge < -0.3 is 0 Å². The molecule has 0 atom stereocenters. The fraction of sp³-hybridized carbons (Fsp3) is 0.0625. The average molecular weight is 367 g/mol. The third kappa shape index (κ3) is 3.64. The van der Waals surface area contributed by atoms with Gasteiger partial charge in [0.25, 0.3) is 0 Å². The fourth-order valence-electron chi connectivity index (χ4n) is 2.25. The fourth-order valence-corrected chi connectivity index (χ4v) is 3.98. The van der Waals surface area contributed by atoms with E-state index in [0.717, 1.165) is 16.5 Å². The van der Waals surface area contributed by atoms with E-state index in [0.29, 0.717) is 0 Å². The minimum Gasteiger partial charge on any atom is -0.256 e. The smallest absolute Gasteiger partial charge is 0.240 e. The topological polar surface area (TPSA) is 59.1 Å². The van der Waals surface area contributed by atoms with Gasteiger partial charge in [-0.15, -0.1) is 0 Å². The molecule has 0 aliphatic rings. The maximum atomic E-state index is 12.4. The Labute approximate surface area is 144 Å². The summed E-state index contributed by atoms with van der Waals surface area (Å²) in [5, 5.41) is 1.49. The van der Waals surface area contributed by atoms with Crippen LogP contribution in [0, 0.1) is 0 Å². The van der Waals surface area contributed by atoms with Crippen LogP contribution in [0.15, 0.2) is 59.6 Å². The molecule has 0 saturated heterocycles. The molecule has 0 saturated carbocycles.